The Balaban J connectivity index is 1.56. The van der Waals surface area contributed by atoms with Crippen molar-refractivity contribution in [1.29, 1.82) is 0 Å². The van der Waals surface area contributed by atoms with Crippen LogP contribution in [0.2, 0.25) is 0 Å². The van der Waals surface area contributed by atoms with Crippen LogP contribution in [0.5, 0.6) is 0 Å². The minimum atomic E-state index is -0.339. The quantitative estimate of drug-likeness (QED) is 0.602. The SMILES string of the molecule is Cc1cc(C)n2nc(C(=O)NCc3cccnc3-c3cccs3)nc2n1. The Labute approximate surface area is 153 Å². The van der Waals surface area contributed by atoms with E-state index in [-0.39, 0.29) is 11.7 Å². The number of carbonyl (C=O) groups excluding carboxylic acids is 1. The normalized spacial score (nSPS) is 11.0. The second-order valence-corrected chi connectivity index (χ2v) is 6.80. The average Bonchev–Trinajstić information content (AvgIpc) is 3.29. The van der Waals surface area contributed by atoms with Crippen molar-refractivity contribution in [3.63, 3.8) is 0 Å². The van der Waals surface area contributed by atoms with Gasteiger partial charge in [0.2, 0.25) is 5.82 Å². The van der Waals surface area contributed by atoms with Crippen molar-refractivity contribution >= 4 is 23.0 Å². The van der Waals surface area contributed by atoms with Crippen molar-refractivity contribution in [3.8, 4) is 10.6 Å². The summed E-state index contributed by atoms with van der Waals surface area (Å²) in [6.07, 6.45) is 1.75. The van der Waals surface area contributed by atoms with Crippen molar-refractivity contribution in [3.05, 3.63) is 64.7 Å². The zero-order valence-corrected chi connectivity index (χ0v) is 15.1. The lowest BCUT2D eigenvalue weighted by Crippen LogP contribution is -2.24. The van der Waals surface area contributed by atoms with Gasteiger partial charge in [-0.1, -0.05) is 12.1 Å². The zero-order chi connectivity index (χ0) is 18.1. The molecule has 4 aromatic heterocycles. The molecule has 0 aliphatic heterocycles. The number of pyridine rings is 1. The van der Waals surface area contributed by atoms with E-state index in [9.17, 15) is 4.79 Å². The summed E-state index contributed by atoms with van der Waals surface area (Å²) in [4.78, 5) is 26.5. The number of carbonyl (C=O) groups is 1. The molecule has 0 unspecified atom stereocenters. The van der Waals surface area contributed by atoms with Gasteiger partial charge in [0.1, 0.15) is 0 Å². The Morgan fingerprint density at radius 1 is 1.23 bits per heavy atom. The lowest BCUT2D eigenvalue weighted by atomic mass is 10.1. The number of hydrogen-bond donors (Lipinski definition) is 1. The van der Waals surface area contributed by atoms with Crippen molar-refractivity contribution < 1.29 is 4.79 Å². The lowest BCUT2D eigenvalue weighted by molar-refractivity contribution is 0.0941. The number of hydrogen-bond acceptors (Lipinski definition) is 6. The lowest BCUT2D eigenvalue weighted by Gasteiger charge is -2.07. The molecule has 0 atom stereocenters. The van der Waals surface area contributed by atoms with E-state index in [2.05, 4.69) is 25.4 Å². The zero-order valence-electron chi connectivity index (χ0n) is 14.3. The van der Waals surface area contributed by atoms with Crippen LogP contribution in [0.1, 0.15) is 27.6 Å². The highest BCUT2D eigenvalue weighted by Crippen LogP contribution is 2.25. The summed E-state index contributed by atoms with van der Waals surface area (Å²) in [5, 5.41) is 9.13. The number of thiophene rings is 1. The molecule has 0 aliphatic carbocycles. The third-order valence-corrected chi connectivity index (χ3v) is 4.78. The summed E-state index contributed by atoms with van der Waals surface area (Å²) in [5.41, 5.74) is 3.53. The van der Waals surface area contributed by atoms with Crippen LogP contribution in [0.15, 0.2) is 41.9 Å². The molecule has 0 radical (unpaired) electrons. The van der Waals surface area contributed by atoms with Crippen LogP contribution in [0, 0.1) is 13.8 Å². The molecule has 0 aliphatic rings. The molecule has 1 amide bonds. The van der Waals surface area contributed by atoms with E-state index in [0.29, 0.717) is 12.3 Å². The monoisotopic (exact) mass is 364 g/mol. The molecule has 4 rings (SSSR count). The highest BCUT2D eigenvalue weighted by atomic mass is 32.1. The van der Waals surface area contributed by atoms with Gasteiger partial charge in [0, 0.05) is 24.1 Å². The highest BCUT2D eigenvalue weighted by Gasteiger charge is 2.16. The highest BCUT2D eigenvalue weighted by molar-refractivity contribution is 7.13. The molecule has 26 heavy (non-hydrogen) atoms. The molecule has 0 fully saturated rings. The standard InChI is InChI=1S/C18H16N6OS/c1-11-9-12(2)24-18(21-11)22-16(23-24)17(25)20-10-13-5-3-7-19-15(13)14-6-4-8-26-14/h3-9H,10H2,1-2H3,(H,20,25). The van der Waals surface area contributed by atoms with Crippen LogP contribution >= 0.6 is 11.3 Å². The molecular weight excluding hydrogens is 348 g/mol. The summed E-state index contributed by atoms with van der Waals surface area (Å²) in [6.45, 7) is 4.14. The van der Waals surface area contributed by atoms with Gasteiger partial charge in [-0.05, 0) is 43.0 Å². The van der Waals surface area contributed by atoms with E-state index in [1.54, 1.807) is 22.0 Å². The molecule has 7 nitrogen and oxygen atoms in total. The Morgan fingerprint density at radius 2 is 2.12 bits per heavy atom. The molecule has 0 bridgehead atoms. The summed E-state index contributed by atoms with van der Waals surface area (Å²) in [5.74, 6) is 0.189. The van der Waals surface area contributed by atoms with Crippen LogP contribution in [0.25, 0.3) is 16.3 Å². The molecule has 0 aromatic carbocycles. The number of amides is 1. The molecule has 0 saturated carbocycles. The largest absolute Gasteiger partial charge is 0.345 e. The Hall–Kier alpha value is -3.13. The Morgan fingerprint density at radius 3 is 2.92 bits per heavy atom. The second kappa shape index (κ2) is 6.64. The molecular formula is C18H16N6OS. The number of fused-ring (bicyclic) bond motifs is 1. The average molecular weight is 364 g/mol. The van der Waals surface area contributed by atoms with E-state index >= 15 is 0 Å². The first kappa shape index (κ1) is 16.3. The van der Waals surface area contributed by atoms with E-state index in [4.69, 9.17) is 0 Å². The van der Waals surface area contributed by atoms with Crippen molar-refractivity contribution in [2.75, 3.05) is 0 Å². The predicted molar refractivity (Wildman–Crippen MR) is 99.0 cm³/mol. The molecule has 0 saturated heterocycles. The maximum absolute atomic E-state index is 12.5. The molecule has 0 spiro atoms. The third-order valence-electron chi connectivity index (χ3n) is 3.91. The van der Waals surface area contributed by atoms with Crippen LogP contribution in [-0.2, 0) is 6.54 Å². The summed E-state index contributed by atoms with van der Waals surface area (Å²) >= 11 is 1.62. The van der Waals surface area contributed by atoms with Gasteiger partial charge in [0.25, 0.3) is 11.7 Å². The summed E-state index contributed by atoms with van der Waals surface area (Å²) in [6, 6.07) is 9.70. The Kier molecular flexibility index (Phi) is 4.18. The van der Waals surface area contributed by atoms with E-state index in [0.717, 1.165) is 27.5 Å². The van der Waals surface area contributed by atoms with E-state index in [1.165, 1.54) is 0 Å². The van der Waals surface area contributed by atoms with Gasteiger partial charge >= 0.3 is 0 Å². The van der Waals surface area contributed by atoms with Crippen molar-refractivity contribution in [2.45, 2.75) is 20.4 Å². The third kappa shape index (κ3) is 3.06. The maximum Gasteiger partial charge on any atom is 0.291 e. The number of nitrogens with zero attached hydrogens (tertiary/aromatic N) is 5. The van der Waals surface area contributed by atoms with Crippen LogP contribution in [-0.4, -0.2) is 30.5 Å². The van der Waals surface area contributed by atoms with Crippen LogP contribution in [0.4, 0.5) is 0 Å². The number of rotatable bonds is 4. The van der Waals surface area contributed by atoms with Crippen LogP contribution < -0.4 is 5.32 Å². The van der Waals surface area contributed by atoms with Gasteiger partial charge in [-0.3, -0.25) is 9.78 Å². The first-order valence-corrected chi connectivity index (χ1v) is 8.97. The summed E-state index contributed by atoms with van der Waals surface area (Å²) < 4.78 is 1.57. The van der Waals surface area contributed by atoms with Crippen LogP contribution in [0.3, 0.4) is 0 Å². The number of nitrogens with one attached hydrogen (secondary N) is 1. The maximum atomic E-state index is 12.5. The molecule has 130 valence electrons. The van der Waals surface area contributed by atoms with Crippen molar-refractivity contribution in [1.82, 2.24) is 29.9 Å². The fraction of sp³-hybridized carbons (Fsp3) is 0.167. The van der Waals surface area contributed by atoms with Gasteiger partial charge in [0.15, 0.2) is 0 Å². The summed E-state index contributed by atoms with van der Waals surface area (Å²) in [7, 11) is 0. The first-order chi connectivity index (χ1) is 12.6. The Bertz CT molecular complexity index is 1090. The van der Waals surface area contributed by atoms with E-state index in [1.807, 2.05) is 49.6 Å². The fourth-order valence-corrected chi connectivity index (χ4v) is 3.49. The van der Waals surface area contributed by atoms with Crippen molar-refractivity contribution in [2.24, 2.45) is 0 Å². The topological polar surface area (TPSA) is 85.1 Å². The van der Waals surface area contributed by atoms with E-state index < -0.39 is 0 Å². The minimum Gasteiger partial charge on any atom is -0.345 e. The van der Waals surface area contributed by atoms with Gasteiger partial charge < -0.3 is 5.32 Å². The molecule has 8 heteroatoms. The second-order valence-electron chi connectivity index (χ2n) is 5.86. The van der Waals surface area contributed by atoms with Gasteiger partial charge in [0.05, 0.1) is 10.6 Å². The first-order valence-electron chi connectivity index (χ1n) is 8.09. The number of aryl methyl sites for hydroxylation is 2. The van der Waals surface area contributed by atoms with Gasteiger partial charge in [-0.25, -0.2) is 9.50 Å². The minimum absolute atomic E-state index is 0.104. The molecule has 4 heterocycles. The van der Waals surface area contributed by atoms with Gasteiger partial charge in [-0.2, -0.15) is 4.98 Å². The van der Waals surface area contributed by atoms with Gasteiger partial charge in [-0.15, -0.1) is 16.4 Å². The number of aromatic nitrogens is 5. The molecule has 1 N–H and O–H groups in total. The fourth-order valence-electron chi connectivity index (χ4n) is 2.73. The molecule has 4 aromatic rings. The predicted octanol–water partition coefficient (Wildman–Crippen LogP) is 2.79. The smallest absolute Gasteiger partial charge is 0.291 e.